The maximum Gasteiger partial charge on any atom is 0.127 e. The van der Waals surface area contributed by atoms with Crippen LogP contribution in [0.2, 0.25) is 0 Å². The summed E-state index contributed by atoms with van der Waals surface area (Å²) >= 11 is 0. The Morgan fingerprint density at radius 1 is 1.11 bits per heavy atom. The Morgan fingerprint density at radius 3 is 2.47 bits per heavy atom. The predicted molar refractivity (Wildman–Crippen MR) is 75.6 cm³/mol. The van der Waals surface area contributed by atoms with Gasteiger partial charge in [-0.1, -0.05) is 42.0 Å². The average Bonchev–Trinajstić information content (AvgIpc) is 2.82. The van der Waals surface area contributed by atoms with Crippen LogP contribution in [0.15, 0.2) is 42.5 Å². The molecule has 0 aliphatic heterocycles. The van der Waals surface area contributed by atoms with Gasteiger partial charge in [-0.25, -0.2) is 4.39 Å². The number of fused-ring (bicyclic) bond motifs is 1. The first-order valence-electron chi connectivity index (χ1n) is 6.77. The second kappa shape index (κ2) is 5.14. The highest BCUT2D eigenvalue weighted by Crippen LogP contribution is 2.22. The predicted octanol–water partition coefficient (Wildman–Crippen LogP) is 3.39. The Hall–Kier alpha value is -1.67. The molecule has 1 aliphatic carbocycles. The van der Waals surface area contributed by atoms with Gasteiger partial charge in [-0.3, -0.25) is 0 Å². The number of rotatable bonds is 3. The number of hydrogen-bond donors (Lipinski definition) is 1. The highest BCUT2D eigenvalue weighted by atomic mass is 19.1. The minimum atomic E-state index is -0.117. The van der Waals surface area contributed by atoms with Crippen molar-refractivity contribution in [3.63, 3.8) is 0 Å². The second-order valence-electron chi connectivity index (χ2n) is 5.35. The molecule has 0 amide bonds. The van der Waals surface area contributed by atoms with Crippen molar-refractivity contribution in [2.75, 3.05) is 0 Å². The smallest absolute Gasteiger partial charge is 0.127 e. The lowest BCUT2D eigenvalue weighted by atomic mass is 10.1. The topological polar surface area (TPSA) is 12.0 Å². The number of benzene rings is 2. The van der Waals surface area contributed by atoms with Gasteiger partial charge in [-0.15, -0.1) is 0 Å². The Bertz CT molecular complexity index is 567. The molecule has 0 aromatic heterocycles. The molecule has 0 heterocycles. The van der Waals surface area contributed by atoms with E-state index in [9.17, 15) is 4.39 Å². The van der Waals surface area contributed by atoms with Crippen LogP contribution in [0.1, 0.15) is 22.3 Å². The fraction of sp³-hybridized carbons (Fsp3) is 0.294. The van der Waals surface area contributed by atoms with Gasteiger partial charge >= 0.3 is 0 Å². The standard InChI is InChI=1S/C17H18FN/c1-12-6-7-17(18)15(8-12)11-19-16-9-13-4-2-3-5-14(13)10-16/h2-8,16,19H,9-11H2,1H3. The fourth-order valence-corrected chi connectivity index (χ4v) is 2.80. The van der Waals surface area contributed by atoms with E-state index < -0.39 is 0 Å². The van der Waals surface area contributed by atoms with Gasteiger partial charge in [0.1, 0.15) is 5.82 Å². The van der Waals surface area contributed by atoms with Crippen LogP contribution in [0.3, 0.4) is 0 Å². The second-order valence-corrected chi connectivity index (χ2v) is 5.35. The summed E-state index contributed by atoms with van der Waals surface area (Å²) in [6.45, 7) is 2.60. The highest BCUT2D eigenvalue weighted by molar-refractivity contribution is 5.33. The van der Waals surface area contributed by atoms with Gasteiger partial charge in [-0.2, -0.15) is 0 Å². The van der Waals surface area contributed by atoms with E-state index in [1.165, 1.54) is 11.1 Å². The SMILES string of the molecule is Cc1ccc(F)c(CNC2Cc3ccccc3C2)c1. The van der Waals surface area contributed by atoms with Crippen molar-refractivity contribution in [2.45, 2.75) is 32.4 Å². The van der Waals surface area contributed by atoms with E-state index in [-0.39, 0.29) is 5.82 Å². The summed E-state index contributed by atoms with van der Waals surface area (Å²) in [6.07, 6.45) is 2.09. The molecule has 1 aliphatic rings. The Kier molecular flexibility index (Phi) is 3.34. The molecule has 0 atom stereocenters. The molecule has 2 aromatic carbocycles. The molecule has 1 nitrogen and oxygen atoms in total. The summed E-state index contributed by atoms with van der Waals surface area (Å²) in [5.74, 6) is -0.117. The molecule has 2 aromatic rings. The average molecular weight is 255 g/mol. The Labute approximate surface area is 113 Å². The van der Waals surface area contributed by atoms with Crippen LogP contribution < -0.4 is 5.32 Å². The van der Waals surface area contributed by atoms with Gasteiger partial charge in [0, 0.05) is 18.2 Å². The van der Waals surface area contributed by atoms with Crippen LogP contribution >= 0.6 is 0 Å². The van der Waals surface area contributed by atoms with Gasteiger partial charge in [0.05, 0.1) is 0 Å². The van der Waals surface area contributed by atoms with E-state index in [0.29, 0.717) is 12.6 Å². The lowest BCUT2D eigenvalue weighted by Crippen LogP contribution is -2.29. The van der Waals surface area contributed by atoms with Crippen molar-refractivity contribution in [1.82, 2.24) is 5.32 Å². The van der Waals surface area contributed by atoms with Crippen LogP contribution in [0.4, 0.5) is 4.39 Å². The van der Waals surface area contributed by atoms with Crippen molar-refractivity contribution in [2.24, 2.45) is 0 Å². The normalized spacial score (nSPS) is 14.6. The summed E-state index contributed by atoms with van der Waals surface area (Å²) in [5, 5.41) is 3.47. The van der Waals surface area contributed by atoms with Gasteiger partial charge in [0.25, 0.3) is 0 Å². The van der Waals surface area contributed by atoms with Crippen molar-refractivity contribution >= 4 is 0 Å². The molecule has 0 saturated carbocycles. The summed E-state index contributed by atoms with van der Waals surface area (Å²) in [7, 11) is 0. The van der Waals surface area contributed by atoms with Crippen LogP contribution in [0, 0.1) is 12.7 Å². The number of aryl methyl sites for hydroxylation is 1. The van der Waals surface area contributed by atoms with Crippen molar-refractivity contribution < 1.29 is 4.39 Å². The van der Waals surface area contributed by atoms with E-state index in [0.717, 1.165) is 24.0 Å². The van der Waals surface area contributed by atoms with E-state index >= 15 is 0 Å². The highest BCUT2D eigenvalue weighted by Gasteiger charge is 2.20. The molecule has 1 N–H and O–H groups in total. The lowest BCUT2D eigenvalue weighted by Gasteiger charge is -2.12. The summed E-state index contributed by atoms with van der Waals surface area (Å²) in [6, 6.07) is 14.2. The molecule has 0 saturated heterocycles. The molecule has 0 bridgehead atoms. The van der Waals surface area contributed by atoms with Crippen LogP contribution in [0.5, 0.6) is 0 Å². The van der Waals surface area contributed by atoms with Crippen molar-refractivity contribution in [3.8, 4) is 0 Å². The third kappa shape index (κ3) is 2.69. The largest absolute Gasteiger partial charge is 0.309 e. The molecule has 2 heteroatoms. The zero-order valence-corrected chi connectivity index (χ0v) is 11.1. The first-order valence-corrected chi connectivity index (χ1v) is 6.77. The van der Waals surface area contributed by atoms with E-state index in [4.69, 9.17) is 0 Å². The first-order chi connectivity index (χ1) is 9.22. The summed E-state index contributed by atoms with van der Waals surface area (Å²) in [4.78, 5) is 0. The maximum atomic E-state index is 13.7. The lowest BCUT2D eigenvalue weighted by molar-refractivity contribution is 0.515. The number of hydrogen-bond acceptors (Lipinski definition) is 1. The monoisotopic (exact) mass is 255 g/mol. The van der Waals surface area contributed by atoms with Gasteiger partial charge in [0.2, 0.25) is 0 Å². The molecule has 0 fully saturated rings. The molecular weight excluding hydrogens is 237 g/mol. The zero-order valence-electron chi connectivity index (χ0n) is 11.1. The summed E-state index contributed by atoms with van der Waals surface area (Å²) < 4.78 is 13.7. The van der Waals surface area contributed by atoms with Gasteiger partial charge in [-0.05, 0) is 37.0 Å². The molecular formula is C17H18FN. The molecule has 3 rings (SSSR count). The molecule has 98 valence electrons. The zero-order chi connectivity index (χ0) is 13.2. The molecule has 0 unspecified atom stereocenters. The Morgan fingerprint density at radius 2 is 1.79 bits per heavy atom. The summed E-state index contributed by atoms with van der Waals surface area (Å²) in [5.41, 5.74) is 4.71. The van der Waals surface area contributed by atoms with Crippen molar-refractivity contribution in [1.29, 1.82) is 0 Å². The minimum absolute atomic E-state index is 0.117. The fourth-order valence-electron chi connectivity index (χ4n) is 2.80. The van der Waals surface area contributed by atoms with E-state index in [1.807, 2.05) is 19.1 Å². The molecule has 19 heavy (non-hydrogen) atoms. The van der Waals surface area contributed by atoms with Crippen LogP contribution in [-0.2, 0) is 19.4 Å². The quantitative estimate of drug-likeness (QED) is 0.886. The van der Waals surface area contributed by atoms with Crippen LogP contribution in [-0.4, -0.2) is 6.04 Å². The third-order valence-corrected chi connectivity index (χ3v) is 3.83. The first kappa shape index (κ1) is 12.4. The van der Waals surface area contributed by atoms with Crippen molar-refractivity contribution in [3.05, 3.63) is 70.5 Å². The Balaban J connectivity index is 1.64. The minimum Gasteiger partial charge on any atom is -0.309 e. The number of nitrogens with one attached hydrogen (secondary N) is 1. The van der Waals surface area contributed by atoms with Gasteiger partial charge in [0.15, 0.2) is 0 Å². The van der Waals surface area contributed by atoms with Crippen LogP contribution in [0.25, 0.3) is 0 Å². The maximum absolute atomic E-state index is 13.7. The van der Waals surface area contributed by atoms with Gasteiger partial charge < -0.3 is 5.32 Å². The van der Waals surface area contributed by atoms with E-state index in [1.54, 1.807) is 6.07 Å². The number of halogens is 1. The molecule has 0 spiro atoms. The molecule has 0 radical (unpaired) electrons. The third-order valence-electron chi connectivity index (χ3n) is 3.83. The van der Waals surface area contributed by atoms with E-state index in [2.05, 4.69) is 29.6 Å².